The molecule has 1 aromatic carbocycles. The zero-order chi connectivity index (χ0) is 12.2. The van der Waals surface area contributed by atoms with Crippen LogP contribution in [0.25, 0.3) is 0 Å². The molecule has 0 saturated carbocycles. The quantitative estimate of drug-likeness (QED) is 0.793. The zero-order valence-corrected chi connectivity index (χ0v) is 10.4. The lowest BCUT2D eigenvalue weighted by atomic mass is 9.96. The van der Waals surface area contributed by atoms with E-state index in [9.17, 15) is 4.79 Å². The molecule has 0 fully saturated rings. The van der Waals surface area contributed by atoms with Gasteiger partial charge in [0.25, 0.3) is 5.91 Å². The highest BCUT2D eigenvalue weighted by molar-refractivity contribution is 5.93. The van der Waals surface area contributed by atoms with Crippen molar-refractivity contribution < 1.29 is 4.79 Å². The van der Waals surface area contributed by atoms with Crippen LogP contribution in [0, 0.1) is 5.41 Å². The summed E-state index contributed by atoms with van der Waals surface area (Å²) >= 11 is 0. The Morgan fingerprint density at radius 3 is 2.25 bits per heavy atom. The first kappa shape index (κ1) is 12.7. The minimum absolute atomic E-state index is 0.0121. The van der Waals surface area contributed by atoms with Crippen molar-refractivity contribution in [3.05, 3.63) is 35.9 Å². The maximum absolute atomic E-state index is 12.1. The molecular formula is C13H20N2O. The molecule has 0 unspecified atom stereocenters. The Morgan fingerprint density at radius 2 is 1.81 bits per heavy atom. The van der Waals surface area contributed by atoms with E-state index < -0.39 is 0 Å². The van der Waals surface area contributed by atoms with Crippen molar-refractivity contribution in [1.29, 1.82) is 0 Å². The number of rotatable bonds is 3. The number of hydrogen-bond acceptors (Lipinski definition) is 2. The first-order chi connectivity index (χ1) is 7.44. The van der Waals surface area contributed by atoms with Crippen LogP contribution in [0.1, 0.15) is 31.1 Å². The van der Waals surface area contributed by atoms with Gasteiger partial charge in [0.05, 0.1) is 0 Å². The van der Waals surface area contributed by atoms with Gasteiger partial charge in [-0.3, -0.25) is 9.80 Å². The maximum Gasteiger partial charge on any atom is 0.267 e. The van der Waals surface area contributed by atoms with Gasteiger partial charge in [0, 0.05) is 19.2 Å². The fourth-order valence-electron chi connectivity index (χ4n) is 1.46. The molecule has 3 heteroatoms. The van der Waals surface area contributed by atoms with Gasteiger partial charge in [0.2, 0.25) is 0 Å². The molecule has 0 aliphatic carbocycles. The summed E-state index contributed by atoms with van der Waals surface area (Å²) in [6.07, 6.45) is 0. The van der Waals surface area contributed by atoms with E-state index in [1.807, 2.05) is 30.3 Å². The van der Waals surface area contributed by atoms with E-state index in [-0.39, 0.29) is 11.3 Å². The molecule has 0 radical (unpaired) electrons. The zero-order valence-electron chi connectivity index (χ0n) is 10.4. The third-order valence-corrected chi connectivity index (χ3v) is 2.17. The highest BCUT2D eigenvalue weighted by Gasteiger charge is 2.20. The molecule has 0 bridgehead atoms. The lowest BCUT2D eigenvalue weighted by Gasteiger charge is -2.29. The SMILES string of the molecule is CNN(CC(C)(C)C)C(=O)c1ccccc1. The lowest BCUT2D eigenvalue weighted by Crippen LogP contribution is -2.45. The minimum Gasteiger partial charge on any atom is -0.274 e. The first-order valence-electron chi connectivity index (χ1n) is 5.48. The van der Waals surface area contributed by atoms with Gasteiger partial charge < -0.3 is 0 Å². The molecular weight excluding hydrogens is 200 g/mol. The molecule has 1 N–H and O–H groups in total. The van der Waals surface area contributed by atoms with Gasteiger partial charge >= 0.3 is 0 Å². The van der Waals surface area contributed by atoms with Crippen molar-refractivity contribution >= 4 is 5.91 Å². The highest BCUT2D eigenvalue weighted by atomic mass is 16.2. The van der Waals surface area contributed by atoms with Gasteiger partial charge in [0.15, 0.2) is 0 Å². The summed E-state index contributed by atoms with van der Waals surface area (Å²) < 4.78 is 0. The van der Waals surface area contributed by atoms with Gasteiger partial charge in [-0.25, -0.2) is 5.43 Å². The van der Waals surface area contributed by atoms with Crippen molar-refractivity contribution in [2.24, 2.45) is 5.41 Å². The summed E-state index contributed by atoms with van der Waals surface area (Å²) in [6, 6.07) is 9.31. The predicted octanol–water partition coefficient (Wildman–Crippen LogP) is 2.31. The molecule has 0 saturated heterocycles. The third-order valence-electron chi connectivity index (χ3n) is 2.17. The van der Waals surface area contributed by atoms with Crippen LogP contribution >= 0.6 is 0 Å². The molecule has 3 nitrogen and oxygen atoms in total. The number of amides is 1. The Labute approximate surface area is 97.4 Å². The van der Waals surface area contributed by atoms with Crippen LogP contribution in [-0.2, 0) is 0 Å². The Morgan fingerprint density at radius 1 is 1.25 bits per heavy atom. The van der Waals surface area contributed by atoms with Crippen LogP contribution in [-0.4, -0.2) is 24.5 Å². The summed E-state index contributed by atoms with van der Waals surface area (Å²) in [4.78, 5) is 12.1. The van der Waals surface area contributed by atoms with Crippen molar-refractivity contribution in [2.75, 3.05) is 13.6 Å². The number of hydrazine groups is 1. The fraction of sp³-hybridized carbons (Fsp3) is 0.462. The van der Waals surface area contributed by atoms with Gasteiger partial charge in [-0.2, -0.15) is 0 Å². The predicted molar refractivity (Wildman–Crippen MR) is 66.0 cm³/mol. The smallest absolute Gasteiger partial charge is 0.267 e. The van der Waals surface area contributed by atoms with E-state index in [0.717, 1.165) is 0 Å². The molecule has 0 aliphatic heterocycles. The number of nitrogens with one attached hydrogen (secondary N) is 1. The Balaban J connectivity index is 2.78. The first-order valence-corrected chi connectivity index (χ1v) is 5.48. The second-order valence-electron chi connectivity index (χ2n) is 5.04. The van der Waals surface area contributed by atoms with E-state index in [1.165, 1.54) is 0 Å². The molecule has 1 amide bonds. The lowest BCUT2D eigenvalue weighted by molar-refractivity contribution is 0.0601. The topological polar surface area (TPSA) is 32.3 Å². The average molecular weight is 220 g/mol. The van der Waals surface area contributed by atoms with E-state index in [1.54, 1.807) is 12.1 Å². The summed E-state index contributed by atoms with van der Waals surface area (Å²) in [5, 5.41) is 1.65. The largest absolute Gasteiger partial charge is 0.274 e. The number of hydrogen-bond donors (Lipinski definition) is 1. The molecule has 0 heterocycles. The maximum atomic E-state index is 12.1. The van der Waals surface area contributed by atoms with Crippen molar-refractivity contribution in [2.45, 2.75) is 20.8 Å². The Hall–Kier alpha value is -1.35. The van der Waals surface area contributed by atoms with Crippen LogP contribution in [0.15, 0.2) is 30.3 Å². The van der Waals surface area contributed by atoms with E-state index in [2.05, 4.69) is 26.2 Å². The van der Waals surface area contributed by atoms with Gasteiger partial charge in [-0.05, 0) is 17.5 Å². The van der Waals surface area contributed by atoms with Crippen LogP contribution in [0.4, 0.5) is 0 Å². The van der Waals surface area contributed by atoms with Gasteiger partial charge in [-0.15, -0.1) is 0 Å². The second-order valence-corrected chi connectivity index (χ2v) is 5.04. The molecule has 16 heavy (non-hydrogen) atoms. The summed E-state index contributed by atoms with van der Waals surface area (Å²) in [7, 11) is 1.77. The molecule has 1 rings (SSSR count). The number of carbonyl (C=O) groups is 1. The third kappa shape index (κ3) is 3.66. The number of carbonyl (C=O) groups excluding carboxylic acids is 1. The van der Waals surface area contributed by atoms with Crippen LogP contribution in [0.2, 0.25) is 0 Å². The van der Waals surface area contributed by atoms with Gasteiger partial charge in [-0.1, -0.05) is 39.0 Å². The molecule has 88 valence electrons. The standard InChI is InChI=1S/C13H20N2O/c1-13(2,3)10-15(14-4)12(16)11-8-6-5-7-9-11/h5-9,14H,10H2,1-4H3. The Kier molecular flexibility index (Phi) is 4.07. The van der Waals surface area contributed by atoms with Crippen LogP contribution in [0.3, 0.4) is 0 Å². The van der Waals surface area contributed by atoms with Crippen molar-refractivity contribution in [1.82, 2.24) is 10.4 Å². The van der Waals surface area contributed by atoms with E-state index in [0.29, 0.717) is 12.1 Å². The number of nitrogens with zero attached hydrogens (tertiary/aromatic N) is 1. The molecule has 1 aromatic rings. The molecule has 0 spiro atoms. The second kappa shape index (κ2) is 5.12. The van der Waals surface area contributed by atoms with E-state index >= 15 is 0 Å². The summed E-state index contributed by atoms with van der Waals surface area (Å²) in [5.41, 5.74) is 3.73. The normalized spacial score (nSPS) is 11.2. The minimum atomic E-state index is 0.0121. The monoisotopic (exact) mass is 220 g/mol. The average Bonchev–Trinajstić information content (AvgIpc) is 2.25. The molecule has 0 atom stereocenters. The molecule has 0 aliphatic rings. The van der Waals surface area contributed by atoms with Crippen molar-refractivity contribution in [3.63, 3.8) is 0 Å². The van der Waals surface area contributed by atoms with Crippen LogP contribution < -0.4 is 5.43 Å². The fourth-order valence-corrected chi connectivity index (χ4v) is 1.46. The summed E-state index contributed by atoms with van der Waals surface area (Å²) in [6.45, 7) is 7.00. The van der Waals surface area contributed by atoms with E-state index in [4.69, 9.17) is 0 Å². The molecule has 0 aromatic heterocycles. The van der Waals surface area contributed by atoms with Crippen LogP contribution in [0.5, 0.6) is 0 Å². The van der Waals surface area contributed by atoms with Crippen molar-refractivity contribution in [3.8, 4) is 0 Å². The summed E-state index contributed by atoms with van der Waals surface area (Å²) in [5.74, 6) is 0.0121. The number of benzene rings is 1. The highest BCUT2D eigenvalue weighted by Crippen LogP contribution is 2.15. The Bertz CT molecular complexity index is 341. The van der Waals surface area contributed by atoms with Gasteiger partial charge in [0.1, 0.15) is 0 Å².